The van der Waals surface area contributed by atoms with Gasteiger partial charge < -0.3 is 10.6 Å². The Bertz CT molecular complexity index is 512. The molecule has 1 aromatic rings. The summed E-state index contributed by atoms with van der Waals surface area (Å²) >= 11 is 0. The second-order valence-corrected chi connectivity index (χ2v) is 4.52. The molecule has 2 N–H and O–H groups in total. The molecule has 1 heterocycles. The molecule has 0 atom stereocenters. The zero-order valence-electron chi connectivity index (χ0n) is 7.91. The van der Waals surface area contributed by atoms with E-state index in [9.17, 15) is 8.42 Å². The Morgan fingerprint density at radius 2 is 1.93 bits per heavy atom. The number of sulfonamides is 1. The standard InChI is InChI=1S/C8H9N3O2S.ClH/c1-11-6-4-2-3-5-7(6)14(12,13)10-8(11)9;/h2-5H,1H3,(H2,9,10);1H. The second kappa shape index (κ2) is 3.71. The van der Waals surface area contributed by atoms with Crippen LogP contribution in [0.2, 0.25) is 0 Å². The van der Waals surface area contributed by atoms with Crippen molar-refractivity contribution in [2.45, 2.75) is 4.90 Å². The SMILES string of the molecule is CN1C(N)=NS(=O)(=O)c2ccccc21.Cl. The Labute approximate surface area is 94.1 Å². The minimum Gasteiger partial charge on any atom is -0.369 e. The third-order valence-electron chi connectivity index (χ3n) is 2.06. The molecule has 1 aliphatic rings. The summed E-state index contributed by atoms with van der Waals surface area (Å²) in [5.74, 6) is -0.0105. The molecule has 0 radical (unpaired) electrons. The summed E-state index contributed by atoms with van der Waals surface area (Å²) in [5.41, 5.74) is 6.02. The molecule has 0 spiro atoms. The predicted molar refractivity (Wildman–Crippen MR) is 60.9 cm³/mol. The Balaban J connectivity index is 0.00000112. The monoisotopic (exact) mass is 247 g/mol. The third-order valence-corrected chi connectivity index (χ3v) is 3.39. The summed E-state index contributed by atoms with van der Waals surface area (Å²) in [5, 5.41) is 0. The van der Waals surface area contributed by atoms with E-state index in [4.69, 9.17) is 5.73 Å². The van der Waals surface area contributed by atoms with Gasteiger partial charge in [0.15, 0.2) is 0 Å². The summed E-state index contributed by atoms with van der Waals surface area (Å²) < 4.78 is 26.5. The molecule has 5 nitrogen and oxygen atoms in total. The highest BCUT2D eigenvalue weighted by Crippen LogP contribution is 2.28. The zero-order valence-corrected chi connectivity index (χ0v) is 9.55. The number of nitrogens with two attached hydrogens (primary N) is 1. The summed E-state index contributed by atoms with van der Waals surface area (Å²) in [7, 11) is -1.93. The number of fused-ring (bicyclic) bond motifs is 1. The second-order valence-electron chi connectivity index (χ2n) is 2.95. The zero-order chi connectivity index (χ0) is 10.3. The van der Waals surface area contributed by atoms with Gasteiger partial charge in [0.25, 0.3) is 10.0 Å². The molecule has 82 valence electrons. The molecule has 1 aromatic carbocycles. The van der Waals surface area contributed by atoms with E-state index in [0.717, 1.165) is 0 Å². The van der Waals surface area contributed by atoms with E-state index >= 15 is 0 Å². The molecule has 7 heteroatoms. The number of para-hydroxylation sites is 1. The van der Waals surface area contributed by atoms with E-state index in [-0.39, 0.29) is 23.3 Å². The normalized spacial score (nSPS) is 17.4. The first-order valence-electron chi connectivity index (χ1n) is 3.95. The molecule has 0 saturated heterocycles. The lowest BCUT2D eigenvalue weighted by Gasteiger charge is -2.24. The van der Waals surface area contributed by atoms with Crippen LogP contribution in [0, 0.1) is 0 Å². The van der Waals surface area contributed by atoms with Crippen molar-refractivity contribution < 1.29 is 8.42 Å². The number of anilines is 1. The minimum atomic E-state index is -3.60. The van der Waals surface area contributed by atoms with Crippen LogP contribution >= 0.6 is 12.4 Å². The molecule has 0 amide bonds. The lowest BCUT2D eigenvalue weighted by molar-refractivity contribution is 0.597. The highest BCUT2D eigenvalue weighted by atomic mass is 35.5. The van der Waals surface area contributed by atoms with Crippen LogP contribution in [0.4, 0.5) is 5.69 Å². The van der Waals surface area contributed by atoms with E-state index in [2.05, 4.69) is 4.40 Å². The van der Waals surface area contributed by atoms with Crippen molar-refractivity contribution >= 4 is 34.1 Å². The van der Waals surface area contributed by atoms with Gasteiger partial charge in [-0.25, -0.2) is 0 Å². The van der Waals surface area contributed by atoms with Crippen molar-refractivity contribution in [3.05, 3.63) is 24.3 Å². The lowest BCUT2D eigenvalue weighted by Crippen LogP contribution is -2.38. The third kappa shape index (κ3) is 1.78. The Hall–Kier alpha value is -1.27. The van der Waals surface area contributed by atoms with Crippen LogP contribution in [0.15, 0.2) is 33.6 Å². The molecule has 2 rings (SSSR count). The van der Waals surface area contributed by atoms with E-state index in [1.165, 1.54) is 11.0 Å². The average molecular weight is 248 g/mol. The summed E-state index contributed by atoms with van der Waals surface area (Å²) in [4.78, 5) is 1.73. The lowest BCUT2D eigenvalue weighted by atomic mass is 10.3. The summed E-state index contributed by atoms with van der Waals surface area (Å²) in [6.07, 6.45) is 0. The molecule has 0 aromatic heterocycles. The van der Waals surface area contributed by atoms with Crippen LogP contribution in [0.1, 0.15) is 0 Å². The van der Waals surface area contributed by atoms with Crippen LogP contribution in [0.3, 0.4) is 0 Å². The number of guanidine groups is 1. The molecule has 0 aliphatic carbocycles. The van der Waals surface area contributed by atoms with Crippen molar-refractivity contribution in [1.29, 1.82) is 0 Å². The van der Waals surface area contributed by atoms with E-state index in [1.54, 1.807) is 25.2 Å². The van der Waals surface area contributed by atoms with Crippen LogP contribution in [0.5, 0.6) is 0 Å². The van der Waals surface area contributed by atoms with Gasteiger partial charge in [0.05, 0.1) is 5.69 Å². The number of halogens is 1. The van der Waals surface area contributed by atoms with Gasteiger partial charge in [0.2, 0.25) is 5.96 Å². The van der Waals surface area contributed by atoms with Crippen molar-refractivity contribution in [2.24, 2.45) is 10.1 Å². The van der Waals surface area contributed by atoms with Gasteiger partial charge in [-0.3, -0.25) is 0 Å². The smallest absolute Gasteiger partial charge is 0.287 e. The van der Waals surface area contributed by atoms with Gasteiger partial charge in [0.1, 0.15) is 4.90 Å². The maximum atomic E-state index is 11.5. The summed E-state index contributed by atoms with van der Waals surface area (Å²) in [6, 6.07) is 6.61. The van der Waals surface area contributed by atoms with Gasteiger partial charge in [-0.1, -0.05) is 12.1 Å². The topological polar surface area (TPSA) is 75.8 Å². The largest absolute Gasteiger partial charge is 0.369 e. The number of benzene rings is 1. The van der Waals surface area contributed by atoms with Gasteiger partial charge in [-0.2, -0.15) is 8.42 Å². The van der Waals surface area contributed by atoms with Gasteiger partial charge in [0, 0.05) is 7.05 Å². The Kier molecular flexibility index (Phi) is 2.92. The molecule has 0 fully saturated rings. The van der Waals surface area contributed by atoms with Crippen LogP contribution in [-0.2, 0) is 10.0 Å². The number of nitrogens with zero attached hydrogens (tertiary/aromatic N) is 2. The number of rotatable bonds is 0. The van der Waals surface area contributed by atoms with Gasteiger partial charge >= 0.3 is 0 Å². The molecule has 0 bridgehead atoms. The Morgan fingerprint density at radius 1 is 1.33 bits per heavy atom. The predicted octanol–water partition coefficient (Wildman–Crippen LogP) is 0.562. The maximum absolute atomic E-state index is 11.5. The fourth-order valence-corrected chi connectivity index (χ4v) is 2.50. The fraction of sp³-hybridized carbons (Fsp3) is 0.125. The quantitative estimate of drug-likeness (QED) is 0.727. The van der Waals surface area contributed by atoms with Crippen molar-refractivity contribution in [3.8, 4) is 0 Å². The average Bonchev–Trinajstić information content (AvgIpc) is 2.14. The maximum Gasteiger partial charge on any atom is 0.287 e. The number of hydrogen-bond donors (Lipinski definition) is 1. The van der Waals surface area contributed by atoms with Crippen molar-refractivity contribution in [2.75, 3.05) is 11.9 Å². The number of hydrogen-bond acceptors (Lipinski definition) is 4. The van der Waals surface area contributed by atoms with E-state index in [1.807, 2.05) is 0 Å². The van der Waals surface area contributed by atoms with Crippen molar-refractivity contribution in [3.63, 3.8) is 0 Å². The Morgan fingerprint density at radius 3 is 2.60 bits per heavy atom. The molecule has 1 aliphatic heterocycles. The van der Waals surface area contributed by atoms with E-state index in [0.29, 0.717) is 5.69 Å². The van der Waals surface area contributed by atoms with Crippen LogP contribution in [0.25, 0.3) is 0 Å². The molecular weight excluding hydrogens is 238 g/mol. The first-order valence-corrected chi connectivity index (χ1v) is 5.39. The molecule has 0 saturated carbocycles. The fourth-order valence-electron chi connectivity index (χ4n) is 1.31. The first-order chi connectivity index (χ1) is 6.52. The minimum absolute atomic E-state index is 0. The van der Waals surface area contributed by atoms with Crippen LogP contribution in [-0.4, -0.2) is 21.4 Å². The highest BCUT2D eigenvalue weighted by molar-refractivity contribution is 7.90. The molecular formula is C8H10ClN3O2S. The highest BCUT2D eigenvalue weighted by Gasteiger charge is 2.26. The van der Waals surface area contributed by atoms with E-state index < -0.39 is 10.0 Å². The first kappa shape index (κ1) is 11.8. The van der Waals surface area contributed by atoms with Gasteiger partial charge in [-0.05, 0) is 12.1 Å². The van der Waals surface area contributed by atoms with Crippen LogP contribution < -0.4 is 10.6 Å². The molecule has 0 unspecified atom stereocenters. The van der Waals surface area contributed by atoms with Crippen molar-refractivity contribution in [1.82, 2.24) is 0 Å². The molecule has 15 heavy (non-hydrogen) atoms. The summed E-state index contributed by atoms with van der Waals surface area (Å²) in [6.45, 7) is 0. The van der Waals surface area contributed by atoms with Gasteiger partial charge in [-0.15, -0.1) is 16.8 Å².